The van der Waals surface area contributed by atoms with E-state index in [9.17, 15) is 4.79 Å². The van der Waals surface area contributed by atoms with Gasteiger partial charge in [-0.3, -0.25) is 4.79 Å². The predicted octanol–water partition coefficient (Wildman–Crippen LogP) is 5.41. The number of carbonyl (C=O) groups is 1. The zero-order chi connectivity index (χ0) is 20.6. The molecule has 1 aliphatic heterocycles. The van der Waals surface area contributed by atoms with Gasteiger partial charge in [0.25, 0.3) is 5.91 Å². The second kappa shape index (κ2) is 10.9. The van der Waals surface area contributed by atoms with E-state index in [0.717, 1.165) is 66.7 Å². The molecule has 0 aliphatic carbocycles. The quantitative estimate of drug-likeness (QED) is 0.581. The first-order chi connectivity index (χ1) is 14.1. The van der Waals surface area contributed by atoms with Gasteiger partial charge >= 0.3 is 0 Å². The van der Waals surface area contributed by atoms with E-state index in [1.165, 1.54) is 31.2 Å². The molecule has 3 rings (SSSR count). The van der Waals surface area contributed by atoms with Crippen LogP contribution in [0.4, 0.5) is 0 Å². The molecule has 0 radical (unpaired) electrons. The minimum atomic E-state index is 0.156. The molecule has 0 atom stereocenters. The van der Waals surface area contributed by atoms with E-state index in [0.29, 0.717) is 0 Å². The summed E-state index contributed by atoms with van der Waals surface area (Å²) in [6.45, 7) is 11.3. The lowest BCUT2D eigenvalue weighted by Crippen LogP contribution is -2.35. The van der Waals surface area contributed by atoms with E-state index in [-0.39, 0.29) is 5.91 Å². The summed E-state index contributed by atoms with van der Waals surface area (Å²) < 4.78 is 0. The number of unbranched alkanes of at least 4 members (excludes halogenated alkanes) is 2. The average molecular weight is 414 g/mol. The van der Waals surface area contributed by atoms with Crippen molar-refractivity contribution in [2.24, 2.45) is 0 Å². The normalized spacial score (nSPS) is 15.5. The summed E-state index contributed by atoms with van der Waals surface area (Å²) in [5, 5.41) is 0.951. The van der Waals surface area contributed by atoms with Gasteiger partial charge in [-0.05, 0) is 51.3 Å². The van der Waals surface area contributed by atoms with Crippen molar-refractivity contribution < 1.29 is 4.79 Å². The summed E-state index contributed by atoms with van der Waals surface area (Å²) in [5.41, 5.74) is 3.34. The second-order valence-corrected chi connectivity index (χ2v) is 9.07. The third kappa shape index (κ3) is 5.89. The molecule has 158 valence electrons. The van der Waals surface area contributed by atoms with Crippen LogP contribution in [0.3, 0.4) is 0 Å². The SMILES string of the molecule is CCCCc1ccc(-c2nc(C)c(C(=O)N3CCCN(CCCC)CC3)s2)cc1. The fourth-order valence-electron chi connectivity index (χ4n) is 3.84. The van der Waals surface area contributed by atoms with Gasteiger partial charge in [0, 0.05) is 25.2 Å². The van der Waals surface area contributed by atoms with Crippen LogP contribution in [0.15, 0.2) is 24.3 Å². The van der Waals surface area contributed by atoms with Crippen LogP contribution in [-0.4, -0.2) is 53.4 Å². The summed E-state index contributed by atoms with van der Waals surface area (Å²) in [7, 11) is 0. The molecule has 2 heterocycles. The Morgan fingerprint density at radius 2 is 1.79 bits per heavy atom. The van der Waals surface area contributed by atoms with Crippen molar-refractivity contribution >= 4 is 17.2 Å². The molecule has 1 aliphatic rings. The van der Waals surface area contributed by atoms with Gasteiger partial charge in [-0.2, -0.15) is 0 Å². The highest BCUT2D eigenvalue weighted by molar-refractivity contribution is 7.17. The van der Waals surface area contributed by atoms with Crippen molar-refractivity contribution in [3.8, 4) is 10.6 Å². The van der Waals surface area contributed by atoms with Crippen LogP contribution in [0, 0.1) is 6.92 Å². The zero-order valence-corrected chi connectivity index (χ0v) is 19.1. The lowest BCUT2D eigenvalue weighted by molar-refractivity contribution is 0.0765. The summed E-state index contributed by atoms with van der Waals surface area (Å²) in [6.07, 6.45) is 7.08. The number of aromatic nitrogens is 1. The molecule has 5 heteroatoms. The number of aryl methyl sites for hydroxylation is 2. The first-order valence-corrected chi connectivity index (χ1v) is 12.0. The zero-order valence-electron chi connectivity index (χ0n) is 18.2. The van der Waals surface area contributed by atoms with Crippen molar-refractivity contribution in [1.82, 2.24) is 14.8 Å². The van der Waals surface area contributed by atoms with Gasteiger partial charge in [0.15, 0.2) is 0 Å². The van der Waals surface area contributed by atoms with Crippen molar-refractivity contribution in [1.29, 1.82) is 0 Å². The molecule has 0 unspecified atom stereocenters. The third-order valence-corrected chi connectivity index (χ3v) is 6.91. The van der Waals surface area contributed by atoms with E-state index in [2.05, 4.69) is 43.0 Å². The average Bonchev–Trinajstić information content (AvgIpc) is 2.97. The van der Waals surface area contributed by atoms with Crippen LogP contribution >= 0.6 is 11.3 Å². The molecule has 0 bridgehead atoms. The van der Waals surface area contributed by atoms with Crippen LogP contribution < -0.4 is 0 Å². The predicted molar refractivity (Wildman–Crippen MR) is 123 cm³/mol. The summed E-state index contributed by atoms with van der Waals surface area (Å²) >= 11 is 1.54. The lowest BCUT2D eigenvalue weighted by Gasteiger charge is -2.21. The summed E-state index contributed by atoms with van der Waals surface area (Å²) in [5.74, 6) is 0.156. The smallest absolute Gasteiger partial charge is 0.265 e. The maximum Gasteiger partial charge on any atom is 0.265 e. The fraction of sp³-hybridized carbons (Fsp3) is 0.583. The molecule has 1 aromatic carbocycles. The fourth-order valence-corrected chi connectivity index (χ4v) is 4.88. The van der Waals surface area contributed by atoms with Gasteiger partial charge in [-0.1, -0.05) is 51.0 Å². The Hall–Kier alpha value is -1.72. The van der Waals surface area contributed by atoms with Gasteiger partial charge in [0.1, 0.15) is 9.88 Å². The van der Waals surface area contributed by atoms with Crippen LogP contribution in [0.1, 0.15) is 66.9 Å². The number of thiazole rings is 1. The maximum atomic E-state index is 13.2. The molecule has 0 saturated carbocycles. The third-order valence-electron chi connectivity index (χ3n) is 5.71. The van der Waals surface area contributed by atoms with Crippen LogP contribution in [0.2, 0.25) is 0 Å². The van der Waals surface area contributed by atoms with E-state index in [1.54, 1.807) is 11.3 Å². The Bertz CT molecular complexity index is 784. The van der Waals surface area contributed by atoms with Gasteiger partial charge in [0.2, 0.25) is 0 Å². The largest absolute Gasteiger partial charge is 0.337 e. The highest BCUT2D eigenvalue weighted by Gasteiger charge is 2.24. The molecule has 1 saturated heterocycles. The Balaban J connectivity index is 1.67. The molecule has 0 N–H and O–H groups in total. The molecule has 2 aromatic rings. The standard InChI is InChI=1S/C24H35N3OS/c1-4-6-9-20-10-12-21(13-11-20)23-25-19(3)22(29-23)24(28)27-16-8-15-26(17-18-27)14-7-5-2/h10-13H,4-9,14-18H2,1-3H3. The van der Waals surface area contributed by atoms with Crippen LogP contribution in [0.5, 0.6) is 0 Å². The topological polar surface area (TPSA) is 36.4 Å². The Kier molecular flexibility index (Phi) is 8.25. The van der Waals surface area contributed by atoms with Gasteiger partial charge in [0.05, 0.1) is 5.69 Å². The molecular formula is C24H35N3OS. The molecule has 0 spiro atoms. The number of benzene rings is 1. The van der Waals surface area contributed by atoms with Crippen LogP contribution in [0.25, 0.3) is 10.6 Å². The molecule has 1 fully saturated rings. The van der Waals surface area contributed by atoms with E-state index in [4.69, 9.17) is 4.98 Å². The van der Waals surface area contributed by atoms with E-state index >= 15 is 0 Å². The van der Waals surface area contributed by atoms with E-state index < -0.39 is 0 Å². The first-order valence-electron chi connectivity index (χ1n) is 11.2. The molecule has 29 heavy (non-hydrogen) atoms. The number of rotatable bonds is 8. The maximum absolute atomic E-state index is 13.2. The van der Waals surface area contributed by atoms with E-state index in [1.807, 2.05) is 11.8 Å². The van der Waals surface area contributed by atoms with Crippen molar-refractivity contribution in [3.05, 3.63) is 40.4 Å². The second-order valence-electron chi connectivity index (χ2n) is 8.07. The molecular weight excluding hydrogens is 378 g/mol. The van der Waals surface area contributed by atoms with Crippen molar-refractivity contribution in [2.75, 3.05) is 32.7 Å². The summed E-state index contributed by atoms with van der Waals surface area (Å²) in [6, 6.07) is 8.69. The molecule has 1 amide bonds. The Morgan fingerprint density at radius 3 is 2.52 bits per heavy atom. The van der Waals surface area contributed by atoms with Gasteiger partial charge in [-0.15, -0.1) is 11.3 Å². The highest BCUT2D eigenvalue weighted by Crippen LogP contribution is 2.29. The van der Waals surface area contributed by atoms with Gasteiger partial charge < -0.3 is 9.80 Å². The van der Waals surface area contributed by atoms with Crippen molar-refractivity contribution in [2.45, 2.75) is 59.3 Å². The monoisotopic (exact) mass is 413 g/mol. The Morgan fingerprint density at radius 1 is 1.03 bits per heavy atom. The number of hydrogen-bond donors (Lipinski definition) is 0. The first kappa shape index (κ1) is 22.0. The molecule has 1 aromatic heterocycles. The van der Waals surface area contributed by atoms with Crippen LogP contribution in [-0.2, 0) is 6.42 Å². The minimum absolute atomic E-state index is 0.156. The number of hydrogen-bond acceptors (Lipinski definition) is 4. The summed E-state index contributed by atoms with van der Waals surface area (Å²) in [4.78, 5) is 23.3. The number of carbonyl (C=O) groups excluding carboxylic acids is 1. The van der Waals surface area contributed by atoms with Gasteiger partial charge in [-0.25, -0.2) is 4.98 Å². The minimum Gasteiger partial charge on any atom is -0.337 e. The number of nitrogens with zero attached hydrogens (tertiary/aromatic N) is 3. The number of amides is 1. The highest BCUT2D eigenvalue weighted by atomic mass is 32.1. The molecule has 4 nitrogen and oxygen atoms in total. The van der Waals surface area contributed by atoms with Crippen molar-refractivity contribution in [3.63, 3.8) is 0 Å². The Labute approximate surface area is 179 Å². The lowest BCUT2D eigenvalue weighted by atomic mass is 10.1.